The lowest BCUT2D eigenvalue weighted by molar-refractivity contribution is -0.151. The van der Waals surface area contributed by atoms with Crippen LogP contribution >= 0.6 is 0 Å². The molecule has 1 atom stereocenters. The second-order valence-corrected chi connectivity index (χ2v) is 10.1. The van der Waals surface area contributed by atoms with Gasteiger partial charge >= 0.3 is 5.97 Å². The molecule has 1 heterocycles. The molecule has 0 aromatic heterocycles. The van der Waals surface area contributed by atoms with Gasteiger partial charge in [-0.15, -0.1) is 0 Å². The molecule has 2 aromatic rings. The Bertz CT molecular complexity index is 1060. The fourth-order valence-electron chi connectivity index (χ4n) is 5.38. The zero-order chi connectivity index (χ0) is 25.5. The lowest BCUT2D eigenvalue weighted by atomic mass is 9.97. The number of aryl methyl sites for hydroxylation is 1. The van der Waals surface area contributed by atoms with Crippen molar-refractivity contribution in [2.45, 2.75) is 65.3 Å². The summed E-state index contributed by atoms with van der Waals surface area (Å²) in [5.41, 5.74) is 4.09. The molecule has 2 aromatic carbocycles. The lowest BCUT2D eigenvalue weighted by Gasteiger charge is -2.31. The van der Waals surface area contributed by atoms with E-state index in [1.54, 1.807) is 11.8 Å². The van der Waals surface area contributed by atoms with Crippen molar-refractivity contribution in [2.24, 2.45) is 11.8 Å². The Labute approximate surface area is 214 Å². The van der Waals surface area contributed by atoms with Crippen LogP contribution in [0.3, 0.4) is 0 Å². The first-order valence-corrected chi connectivity index (χ1v) is 13.4. The largest absolute Gasteiger partial charge is 0.466 e. The Balaban J connectivity index is 1.45. The van der Waals surface area contributed by atoms with E-state index in [2.05, 4.69) is 19.1 Å². The molecule has 1 aliphatic heterocycles. The number of esters is 1. The average Bonchev–Trinajstić information content (AvgIpc) is 3.44. The van der Waals surface area contributed by atoms with Gasteiger partial charge in [-0.1, -0.05) is 49.2 Å². The summed E-state index contributed by atoms with van der Waals surface area (Å²) in [6.45, 7) is 5.89. The first-order chi connectivity index (χ1) is 17.5. The van der Waals surface area contributed by atoms with Crippen LogP contribution in [0, 0.1) is 18.8 Å². The van der Waals surface area contributed by atoms with E-state index >= 15 is 0 Å². The summed E-state index contributed by atoms with van der Waals surface area (Å²) in [5.74, 6) is -0.142. The number of carbonyl (C=O) groups excluding carboxylic acids is 3. The topological polar surface area (TPSA) is 66.9 Å². The summed E-state index contributed by atoms with van der Waals surface area (Å²) in [6.07, 6.45) is 6.00. The van der Waals surface area contributed by atoms with Crippen LogP contribution in [0.15, 0.2) is 48.5 Å². The normalized spacial score (nSPS) is 18.2. The molecule has 2 fully saturated rings. The highest BCUT2D eigenvalue weighted by molar-refractivity contribution is 5.95. The Hall–Kier alpha value is -3.15. The number of rotatable bonds is 8. The first kappa shape index (κ1) is 25.9. The smallest absolute Gasteiger partial charge is 0.310 e. The van der Waals surface area contributed by atoms with Gasteiger partial charge in [-0.25, -0.2) is 0 Å². The number of piperidine rings is 1. The summed E-state index contributed by atoms with van der Waals surface area (Å²) in [5, 5.41) is 0. The van der Waals surface area contributed by atoms with Gasteiger partial charge in [-0.05, 0) is 68.4 Å². The van der Waals surface area contributed by atoms with Crippen molar-refractivity contribution in [1.82, 2.24) is 4.90 Å². The summed E-state index contributed by atoms with van der Waals surface area (Å²) in [4.78, 5) is 42.3. The molecule has 6 nitrogen and oxygen atoms in total. The van der Waals surface area contributed by atoms with Crippen LogP contribution < -0.4 is 4.90 Å². The van der Waals surface area contributed by atoms with Crippen molar-refractivity contribution in [2.75, 3.05) is 24.6 Å². The molecule has 6 heteroatoms. The van der Waals surface area contributed by atoms with E-state index in [4.69, 9.17) is 4.74 Å². The van der Waals surface area contributed by atoms with Gasteiger partial charge in [0.1, 0.15) is 0 Å². The van der Waals surface area contributed by atoms with E-state index < -0.39 is 0 Å². The van der Waals surface area contributed by atoms with Crippen LogP contribution in [0.2, 0.25) is 0 Å². The van der Waals surface area contributed by atoms with E-state index in [0.717, 1.165) is 55.3 Å². The highest BCUT2D eigenvalue weighted by atomic mass is 16.5. The van der Waals surface area contributed by atoms with Crippen LogP contribution in [-0.2, 0) is 32.1 Å². The maximum Gasteiger partial charge on any atom is 0.310 e. The van der Waals surface area contributed by atoms with Crippen LogP contribution in [0.25, 0.3) is 0 Å². The maximum atomic E-state index is 13.5. The minimum absolute atomic E-state index is 0.0237. The van der Waals surface area contributed by atoms with Crippen LogP contribution in [0.4, 0.5) is 5.69 Å². The molecule has 0 bridgehead atoms. The van der Waals surface area contributed by atoms with Gasteiger partial charge in [0, 0.05) is 24.7 Å². The Morgan fingerprint density at radius 3 is 2.33 bits per heavy atom. The Morgan fingerprint density at radius 2 is 1.64 bits per heavy atom. The number of hydrogen-bond acceptors (Lipinski definition) is 4. The van der Waals surface area contributed by atoms with Crippen molar-refractivity contribution < 1.29 is 19.1 Å². The third-order valence-electron chi connectivity index (χ3n) is 7.56. The standard InChI is InChI=1S/C30H38N2O4/c1-3-36-30(35)26-13-8-18-31(20-26)28(33)19-23-14-16-27(17-15-23)32(29(34)24-10-6-7-11-24)21-25-12-5-4-9-22(25)2/h4-5,9,12,14-17,24,26H,3,6-8,10-11,13,18-21H2,1-2H3/t26-/m0/s1. The van der Waals surface area contributed by atoms with Gasteiger partial charge in [0.25, 0.3) is 0 Å². The van der Waals surface area contributed by atoms with Crippen molar-refractivity contribution in [1.29, 1.82) is 0 Å². The molecule has 1 saturated heterocycles. The SMILES string of the molecule is CCOC(=O)[C@H]1CCCN(C(=O)Cc2ccc(N(Cc3ccccc3C)C(=O)C3CCCC3)cc2)C1. The fraction of sp³-hybridized carbons (Fsp3) is 0.500. The van der Waals surface area contributed by atoms with Crippen LogP contribution in [-0.4, -0.2) is 42.4 Å². The van der Waals surface area contributed by atoms with E-state index in [1.807, 2.05) is 41.3 Å². The molecular formula is C30H38N2O4. The Kier molecular flexibility index (Phi) is 8.79. The van der Waals surface area contributed by atoms with E-state index in [0.29, 0.717) is 26.2 Å². The number of amides is 2. The predicted molar refractivity (Wildman–Crippen MR) is 140 cm³/mol. The number of anilines is 1. The van der Waals surface area contributed by atoms with Crippen molar-refractivity contribution >= 4 is 23.5 Å². The zero-order valence-electron chi connectivity index (χ0n) is 21.6. The van der Waals surface area contributed by atoms with E-state index in [9.17, 15) is 14.4 Å². The lowest BCUT2D eigenvalue weighted by Crippen LogP contribution is -2.43. The summed E-state index contributed by atoms with van der Waals surface area (Å²) < 4.78 is 5.16. The fourth-order valence-corrected chi connectivity index (χ4v) is 5.38. The summed E-state index contributed by atoms with van der Waals surface area (Å²) in [7, 11) is 0. The predicted octanol–water partition coefficient (Wildman–Crippen LogP) is 5.06. The number of ether oxygens (including phenoxy) is 1. The highest BCUT2D eigenvalue weighted by Gasteiger charge is 2.30. The monoisotopic (exact) mass is 490 g/mol. The molecule has 0 unspecified atom stereocenters. The molecule has 0 spiro atoms. The van der Waals surface area contributed by atoms with Gasteiger partial charge in [0.05, 0.1) is 25.5 Å². The first-order valence-electron chi connectivity index (χ1n) is 13.4. The second-order valence-electron chi connectivity index (χ2n) is 10.1. The number of carbonyl (C=O) groups is 3. The maximum absolute atomic E-state index is 13.5. The number of likely N-dealkylation sites (tertiary alicyclic amines) is 1. The quantitative estimate of drug-likeness (QED) is 0.485. The molecule has 0 N–H and O–H groups in total. The molecule has 192 valence electrons. The second kappa shape index (κ2) is 12.2. The molecule has 2 aliphatic rings. The van der Waals surface area contributed by atoms with Crippen LogP contribution in [0.1, 0.15) is 62.1 Å². The van der Waals surface area contributed by atoms with Crippen molar-refractivity contribution in [3.8, 4) is 0 Å². The zero-order valence-corrected chi connectivity index (χ0v) is 21.6. The summed E-state index contributed by atoms with van der Waals surface area (Å²) >= 11 is 0. The van der Waals surface area contributed by atoms with Gasteiger partial charge < -0.3 is 14.5 Å². The molecule has 1 saturated carbocycles. The molecule has 1 aliphatic carbocycles. The summed E-state index contributed by atoms with van der Waals surface area (Å²) in [6, 6.07) is 16.0. The number of nitrogens with zero attached hydrogens (tertiary/aromatic N) is 2. The molecule has 4 rings (SSSR count). The van der Waals surface area contributed by atoms with Crippen molar-refractivity contribution in [3.05, 3.63) is 65.2 Å². The third kappa shape index (κ3) is 6.34. The van der Waals surface area contributed by atoms with Crippen LogP contribution in [0.5, 0.6) is 0 Å². The van der Waals surface area contributed by atoms with E-state index in [1.165, 1.54) is 5.56 Å². The van der Waals surface area contributed by atoms with E-state index in [-0.39, 0.29) is 36.0 Å². The van der Waals surface area contributed by atoms with Gasteiger partial charge in [0.2, 0.25) is 11.8 Å². The van der Waals surface area contributed by atoms with Gasteiger partial charge in [0.15, 0.2) is 0 Å². The molecule has 36 heavy (non-hydrogen) atoms. The highest BCUT2D eigenvalue weighted by Crippen LogP contribution is 2.30. The molecule has 2 amide bonds. The molecular weight excluding hydrogens is 452 g/mol. The van der Waals surface area contributed by atoms with Gasteiger partial charge in [-0.2, -0.15) is 0 Å². The molecule has 0 radical (unpaired) electrons. The van der Waals surface area contributed by atoms with Gasteiger partial charge in [-0.3, -0.25) is 14.4 Å². The average molecular weight is 491 g/mol. The third-order valence-corrected chi connectivity index (χ3v) is 7.56. The van der Waals surface area contributed by atoms with Crippen molar-refractivity contribution in [3.63, 3.8) is 0 Å². The number of hydrogen-bond donors (Lipinski definition) is 0. The minimum atomic E-state index is -0.235. The minimum Gasteiger partial charge on any atom is -0.466 e. The Morgan fingerprint density at radius 1 is 0.944 bits per heavy atom. The number of benzene rings is 2.